The zero-order chi connectivity index (χ0) is 14.2. The summed E-state index contributed by atoms with van der Waals surface area (Å²) < 4.78 is 3.22. The summed E-state index contributed by atoms with van der Waals surface area (Å²) in [4.78, 5) is 2.66. The number of pyridine rings is 1. The Labute approximate surface area is 132 Å². The fourth-order valence-corrected chi connectivity index (χ4v) is 4.09. The summed E-state index contributed by atoms with van der Waals surface area (Å²) in [5.74, 6) is 1.10. The number of nitrogens with zero attached hydrogens (tertiary/aromatic N) is 4. The van der Waals surface area contributed by atoms with Crippen molar-refractivity contribution in [1.29, 1.82) is 0 Å². The number of nitrogens with one attached hydrogen (secondary N) is 1. The van der Waals surface area contributed by atoms with Gasteiger partial charge in [-0.2, -0.15) is 0 Å². The lowest BCUT2D eigenvalue weighted by atomic mass is 10.0. The molecule has 0 aliphatic carbocycles. The molecule has 6 heteroatoms. The maximum absolute atomic E-state index is 4.50. The van der Waals surface area contributed by atoms with Gasteiger partial charge in [0.25, 0.3) is 0 Å². The van der Waals surface area contributed by atoms with Crippen molar-refractivity contribution in [2.75, 3.05) is 19.6 Å². The van der Waals surface area contributed by atoms with E-state index < -0.39 is 0 Å². The van der Waals surface area contributed by atoms with E-state index in [0.717, 1.165) is 29.0 Å². The molecule has 0 spiro atoms. The van der Waals surface area contributed by atoms with Crippen molar-refractivity contribution < 1.29 is 0 Å². The molecule has 0 radical (unpaired) electrons. The first-order valence-electron chi connectivity index (χ1n) is 7.79. The van der Waals surface area contributed by atoms with Crippen LogP contribution < -0.4 is 5.32 Å². The second-order valence-corrected chi connectivity index (χ2v) is 6.93. The lowest BCUT2D eigenvalue weighted by Crippen LogP contribution is -2.43. The molecule has 5 nitrogen and oxygen atoms in total. The Bertz CT molecular complexity index is 634. The van der Waals surface area contributed by atoms with Crippen molar-refractivity contribution in [2.24, 2.45) is 0 Å². The average Bonchev–Trinajstić information content (AvgIpc) is 3.13. The number of likely N-dealkylation sites (tertiary alicyclic amines) is 1. The van der Waals surface area contributed by atoms with Crippen LogP contribution in [-0.4, -0.2) is 45.2 Å². The van der Waals surface area contributed by atoms with Crippen LogP contribution >= 0.6 is 15.9 Å². The summed E-state index contributed by atoms with van der Waals surface area (Å²) in [6.07, 6.45) is 7.03. The normalized spacial score (nSPS) is 24.9. The van der Waals surface area contributed by atoms with E-state index in [9.17, 15) is 0 Å². The number of rotatable bonds is 2. The first-order chi connectivity index (χ1) is 10.3. The molecular weight excluding hydrogens is 330 g/mol. The van der Waals surface area contributed by atoms with Gasteiger partial charge in [-0.05, 0) is 73.4 Å². The number of aromatic nitrogens is 3. The molecule has 0 amide bonds. The molecular formula is C15H20BrN5. The highest BCUT2D eigenvalue weighted by Crippen LogP contribution is 2.35. The van der Waals surface area contributed by atoms with Crippen molar-refractivity contribution in [3.05, 3.63) is 28.6 Å². The van der Waals surface area contributed by atoms with Crippen molar-refractivity contribution in [3.63, 3.8) is 0 Å². The molecule has 2 aliphatic heterocycles. The highest BCUT2D eigenvalue weighted by atomic mass is 79.9. The van der Waals surface area contributed by atoms with Gasteiger partial charge in [-0.3, -0.25) is 9.30 Å². The fourth-order valence-electron chi connectivity index (χ4n) is 3.75. The average molecular weight is 350 g/mol. The van der Waals surface area contributed by atoms with Crippen LogP contribution in [-0.2, 0) is 0 Å². The summed E-state index contributed by atoms with van der Waals surface area (Å²) in [5, 5.41) is 12.3. The molecule has 21 heavy (non-hydrogen) atoms. The number of hydrogen-bond donors (Lipinski definition) is 1. The van der Waals surface area contributed by atoms with E-state index in [4.69, 9.17) is 0 Å². The van der Waals surface area contributed by atoms with Gasteiger partial charge in [-0.15, -0.1) is 10.2 Å². The topological polar surface area (TPSA) is 45.5 Å². The quantitative estimate of drug-likeness (QED) is 0.903. The van der Waals surface area contributed by atoms with Gasteiger partial charge in [0.15, 0.2) is 11.5 Å². The molecule has 1 unspecified atom stereocenters. The highest BCUT2D eigenvalue weighted by Gasteiger charge is 2.34. The number of halogens is 1. The highest BCUT2D eigenvalue weighted by molar-refractivity contribution is 9.10. The third kappa shape index (κ3) is 2.49. The van der Waals surface area contributed by atoms with Gasteiger partial charge in [-0.1, -0.05) is 0 Å². The van der Waals surface area contributed by atoms with E-state index in [-0.39, 0.29) is 0 Å². The lowest BCUT2D eigenvalue weighted by molar-refractivity contribution is 0.143. The Morgan fingerprint density at radius 1 is 1.14 bits per heavy atom. The molecule has 1 atom stereocenters. The van der Waals surface area contributed by atoms with E-state index in [0.29, 0.717) is 12.1 Å². The van der Waals surface area contributed by atoms with E-state index in [1.54, 1.807) is 0 Å². The van der Waals surface area contributed by atoms with Gasteiger partial charge < -0.3 is 5.32 Å². The predicted octanol–water partition coefficient (Wildman–Crippen LogP) is 2.38. The van der Waals surface area contributed by atoms with Crippen molar-refractivity contribution in [2.45, 2.75) is 37.8 Å². The lowest BCUT2D eigenvalue weighted by Gasteiger charge is -2.35. The Morgan fingerprint density at radius 3 is 2.86 bits per heavy atom. The predicted molar refractivity (Wildman–Crippen MR) is 85.3 cm³/mol. The molecule has 1 N–H and O–H groups in total. The summed E-state index contributed by atoms with van der Waals surface area (Å²) >= 11 is 3.55. The van der Waals surface area contributed by atoms with E-state index in [1.165, 1.54) is 32.2 Å². The molecule has 112 valence electrons. The molecule has 4 heterocycles. The Kier molecular flexibility index (Phi) is 3.69. The molecule has 2 saturated heterocycles. The molecule has 0 saturated carbocycles. The summed E-state index contributed by atoms with van der Waals surface area (Å²) in [6, 6.07) is 5.15. The second-order valence-electron chi connectivity index (χ2n) is 6.01. The van der Waals surface area contributed by atoms with Crippen molar-refractivity contribution in [3.8, 4) is 0 Å². The van der Waals surface area contributed by atoms with Gasteiger partial charge >= 0.3 is 0 Å². The Balaban J connectivity index is 1.68. The smallest absolute Gasteiger partial charge is 0.160 e. The fraction of sp³-hybridized carbons (Fsp3) is 0.600. The maximum atomic E-state index is 4.50. The van der Waals surface area contributed by atoms with Crippen LogP contribution in [0.3, 0.4) is 0 Å². The van der Waals surface area contributed by atoms with Crippen LogP contribution in [0.25, 0.3) is 5.65 Å². The number of hydrogen-bond acceptors (Lipinski definition) is 4. The molecule has 4 rings (SSSR count). The largest absolute Gasteiger partial charge is 0.317 e. The molecule has 0 bridgehead atoms. The van der Waals surface area contributed by atoms with E-state index in [1.807, 2.05) is 12.1 Å². The van der Waals surface area contributed by atoms with Gasteiger partial charge in [0, 0.05) is 16.7 Å². The molecule has 2 aromatic heterocycles. The minimum atomic E-state index is 0.414. The SMILES string of the molecule is Brc1ccc2nnc(C3CCCN3C3CCNCC3)n2c1. The van der Waals surface area contributed by atoms with Crippen LogP contribution in [0.15, 0.2) is 22.8 Å². The molecule has 2 aliphatic rings. The van der Waals surface area contributed by atoms with Gasteiger partial charge in [-0.25, -0.2) is 0 Å². The monoisotopic (exact) mass is 349 g/mol. The second kappa shape index (κ2) is 5.66. The summed E-state index contributed by atoms with van der Waals surface area (Å²) in [5.41, 5.74) is 0.936. The van der Waals surface area contributed by atoms with Gasteiger partial charge in [0.2, 0.25) is 0 Å². The third-order valence-corrected chi connectivity index (χ3v) is 5.23. The van der Waals surface area contributed by atoms with Gasteiger partial charge in [0.1, 0.15) is 0 Å². The van der Waals surface area contributed by atoms with Crippen LogP contribution in [0.1, 0.15) is 37.5 Å². The number of piperidine rings is 1. The first-order valence-corrected chi connectivity index (χ1v) is 8.59. The van der Waals surface area contributed by atoms with E-state index in [2.05, 4.69) is 46.9 Å². The minimum absolute atomic E-state index is 0.414. The number of fused-ring (bicyclic) bond motifs is 1. The molecule has 0 aromatic carbocycles. The first kappa shape index (κ1) is 13.7. The van der Waals surface area contributed by atoms with Crippen LogP contribution in [0, 0.1) is 0 Å². The van der Waals surface area contributed by atoms with Crippen LogP contribution in [0.5, 0.6) is 0 Å². The summed E-state index contributed by atoms with van der Waals surface area (Å²) in [6.45, 7) is 3.47. The molecule has 2 aromatic rings. The van der Waals surface area contributed by atoms with E-state index >= 15 is 0 Å². The minimum Gasteiger partial charge on any atom is -0.317 e. The van der Waals surface area contributed by atoms with Gasteiger partial charge in [0.05, 0.1) is 6.04 Å². The van der Waals surface area contributed by atoms with Crippen molar-refractivity contribution >= 4 is 21.6 Å². The standard InChI is InChI=1S/C15H20BrN5/c16-11-3-4-14-18-19-15(21(14)10-11)13-2-1-9-20(13)12-5-7-17-8-6-12/h3-4,10,12-13,17H,1-2,5-9H2. The zero-order valence-corrected chi connectivity index (χ0v) is 13.6. The maximum Gasteiger partial charge on any atom is 0.160 e. The van der Waals surface area contributed by atoms with Crippen LogP contribution in [0.2, 0.25) is 0 Å². The third-order valence-electron chi connectivity index (χ3n) is 4.76. The summed E-state index contributed by atoms with van der Waals surface area (Å²) in [7, 11) is 0. The van der Waals surface area contributed by atoms with Crippen LogP contribution in [0.4, 0.5) is 0 Å². The Morgan fingerprint density at radius 2 is 2.00 bits per heavy atom. The zero-order valence-electron chi connectivity index (χ0n) is 12.0. The van der Waals surface area contributed by atoms with Crippen molar-refractivity contribution in [1.82, 2.24) is 24.8 Å². The molecule has 2 fully saturated rings. The Hall–Kier alpha value is -0.980.